The van der Waals surface area contributed by atoms with Gasteiger partial charge in [-0.05, 0) is 18.8 Å². The second kappa shape index (κ2) is 5.55. The molecule has 0 bridgehead atoms. The lowest BCUT2D eigenvalue weighted by Gasteiger charge is -2.22. The van der Waals surface area contributed by atoms with Crippen molar-refractivity contribution in [2.24, 2.45) is 5.92 Å². The van der Waals surface area contributed by atoms with Gasteiger partial charge < -0.3 is 5.32 Å². The topological polar surface area (TPSA) is 37.8 Å². The van der Waals surface area contributed by atoms with Crippen LogP contribution >= 0.6 is 11.5 Å². The Morgan fingerprint density at radius 3 is 2.56 bits per heavy atom. The third kappa shape index (κ3) is 3.44. The maximum absolute atomic E-state index is 4.64. The van der Waals surface area contributed by atoms with Crippen molar-refractivity contribution in [3.05, 3.63) is 5.82 Å². The van der Waals surface area contributed by atoms with Gasteiger partial charge in [0.1, 0.15) is 5.82 Å². The van der Waals surface area contributed by atoms with Crippen molar-refractivity contribution in [3.8, 4) is 0 Å². The molecule has 102 valence electrons. The summed E-state index contributed by atoms with van der Waals surface area (Å²) in [5, 5.41) is 4.61. The van der Waals surface area contributed by atoms with Crippen LogP contribution in [-0.4, -0.2) is 15.4 Å². The van der Waals surface area contributed by atoms with Crippen LogP contribution in [0.1, 0.15) is 65.6 Å². The lowest BCUT2D eigenvalue weighted by molar-refractivity contribution is 0.456. The van der Waals surface area contributed by atoms with Gasteiger partial charge in [-0.1, -0.05) is 47.0 Å². The molecular weight excluding hydrogens is 242 g/mol. The zero-order chi connectivity index (χ0) is 13.2. The van der Waals surface area contributed by atoms with Gasteiger partial charge in [0.25, 0.3) is 0 Å². The largest absolute Gasteiger partial charge is 0.357 e. The quantitative estimate of drug-likeness (QED) is 0.815. The van der Waals surface area contributed by atoms with Crippen molar-refractivity contribution in [2.45, 2.75) is 71.3 Å². The number of nitrogens with one attached hydrogen (secondary N) is 1. The van der Waals surface area contributed by atoms with E-state index in [4.69, 9.17) is 0 Å². The van der Waals surface area contributed by atoms with E-state index in [1.54, 1.807) is 0 Å². The van der Waals surface area contributed by atoms with Gasteiger partial charge in [0.2, 0.25) is 5.13 Å². The van der Waals surface area contributed by atoms with Gasteiger partial charge in [-0.3, -0.25) is 0 Å². The summed E-state index contributed by atoms with van der Waals surface area (Å²) in [7, 11) is 0. The Kier molecular flexibility index (Phi) is 4.25. The van der Waals surface area contributed by atoms with Crippen LogP contribution in [0.2, 0.25) is 0 Å². The number of aromatic nitrogens is 2. The Hall–Kier alpha value is -0.640. The summed E-state index contributed by atoms with van der Waals surface area (Å²) in [6, 6.07) is 0.577. The number of nitrogens with zero attached hydrogens (tertiary/aromatic N) is 2. The second-order valence-electron chi connectivity index (χ2n) is 6.54. The minimum absolute atomic E-state index is 0.0471. The van der Waals surface area contributed by atoms with E-state index in [0.717, 1.165) is 16.9 Å². The molecule has 4 heteroatoms. The highest BCUT2D eigenvalue weighted by atomic mass is 32.1. The molecule has 1 saturated carbocycles. The van der Waals surface area contributed by atoms with Crippen LogP contribution in [-0.2, 0) is 5.41 Å². The molecular formula is C14H25N3S. The normalized spacial score (nSPS) is 25.8. The van der Waals surface area contributed by atoms with E-state index >= 15 is 0 Å². The molecule has 2 rings (SSSR count). The van der Waals surface area contributed by atoms with Crippen LogP contribution in [0.5, 0.6) is 0 Å². The minimum Gasteiger partial charge on any atom is -0.357 e. The maximum Gasteiger partial charge on any atom is 0.202 e. The van der Waals surface area contributed by atoms with Crippen molar-refractivity contribution in [1.29, 1.82) is 0 Å². The summed E-state index contributed by atoms with van der Waals surface area (Å²) in [6.45, 7) is 8.84. The van der Waals surface area contributed by atoms with Crippen LogP contribution in [0.3, 0.4) is 0 Å². The first-order chi connectivity index (χ1) is 8.47. The van der Waals surface area contributed by atoms with Gasteiger partial charge in [-0.2, -0.15) is 4.37 Å². The number of rotatable bonds is 2. The molecule has 0 radical (unpaired) electrons. The molecule has 1 fully saturated rings. The predicted molar refractivity (Wildman–Crippen MR) is 78.3 cm³/mol. The van der Waals surface area contributed by atoms with Crippen LogP contribution in [0.15, 0.2) is 0 Å². The van der Waals surface area contributed by atoms with E-state index in [0.29, 0.717) is 6.04 Å². The molecule has 2 unspecified atom stereocenters. The van der Waals surface area contributed by atoms with Gasteiger partial charge in [-0.15, -0.1) is 0 Å². The Bertz CT molecular complexity index is 381. The molecule has 0 amide bonds. The fourth-order valence-electron chi connectivity index (χ4n) is 2.45. The van der Waals surface area contributed by atoms with E-state index in [1.165, 1.54) is 43.6 Å². The van der Waals surface area contributed by atoms with Crippen LogP contribution < -0.4 is 5.32 Å². The molecule has 1 aliphatic carbocycles. The van der Waals surface area contributed by atoms with E-state index in [9.17, 15) is 0 Å². The lowest BCUT2D eigenvalue weighted by Crippen LogP contribution is -2.26. The smallest absolute Gasteiger partial charge is 0.202 e. The first-order valence-corrected chi connectivity index (χ1v) is 7.85. The van der Waals surface area contributed by atoms with Gasteiger partial charge >= 0.3 is 0 Å². The highest BCUT2D eigenvalue weighted by molar-refractivity contribution is 7.09. The van der Waals surface area contributed by atoms with E-state index in [2.05, 4.69) is 42.4 Å². The lowest BCUT2D eigenvalue weighted by atomic mass is 9.96. The highest BCUT2D eigenvalue weighted by Gasteiger charge is 2.23. The Morgan fingerprint density at radius 1 is 1.17 bits per heavy atom. The summed E-state index contributed by atoms with van der Waals surface area (Å²) in [4.78, 5) is 4.64. The van der Waals surface area contributed by atoms with E-state index in [1.807, 2.05) is 0 Å². The molecule has 1 aromatic rings. The first kappa shape index (κ1) is 13.8. The molecule has 1 aliphatic rings. The molecule has 3 nitrogen and oxygen atoms in total. The average molecular weight is 267 g/mol. The summed E-state index contributed by atoms with van der Waals surface area (Å²) >= 11 is 1.51. The highest BCUT2D eigenvalue weighted by Crippen LogP contribution is 2.28. The molecule has 18 heavy (non-hydrogen) atoms. The van der Waals surface area contributed by atoms with Crippen molar-refractivity contribution < 1.29 is 0 Å². The van der Waals surface area contributed by atoms with Gasteiger partial charge in [0.05, 0.1) is 0 Å². The first-order valence-electron chi connectivity index (χ1n) is 7.07. The van der Waals surface area contributed by atoms with Crippen molar-refractivity contribution in [2.75, 3.05) is 5.32 Å². The Labute approximate surface area is 115 Å². The van der Waals surface area contributed by atoms with E-state index in [-0.39, 0.29) is 5.41 Å². The van der Waals surface area contributed by atoms with Gasteiger partial charge in [-0.25, -0.2) is 4.98 Å². The molecule has 2 atom stereocenters. The van der Waals surface area contributed by atoms with Crippen molar-refractivity contribution in [3.63, 3.8) is 0 Å². The van der Waals surface area contributed by atoms with Gasteiger partial charge in [0.15, 0.2) is 0 Å². The summed E-state index contributed by atoms with van der Waals surface area (Å²) in [5.74, 6) is 1.70. The maximum atomic E-state index is 4.64. The third-order valence-corrected chi connectivity index (χ3v) is 4.41. The number of hydrogen-bond acceptors (Lipinski definition) is 4. The monoisotopic (exact) mass is 267 g/mol. The molecule has 0 aromatic carbocycles. The van der Waals surface area contributed by atoms with Crippen molar-refractivity contribution >= 4 is 16.7 Å². The second-order valence-corrected chi connectivity index (χ2v) is 7.29. The third-order valence-electron chi connectivity index (χ3n) is 3.77. The fraction of sp³-hybridized carbons (Fsp3) is 0.857. The van der Waals surface area contributed by atoms with Crippen LogP contribution in [0.25, 0.3) is 0 Å². The number of anilines is 1. The molecule has 1 N–H and O–H groups in total. The standard InChI is InChI=1S/C14H25N3S/c1-10-8-6-5-7-9-11(10)15-13-16-12(17-18-13)14(2,3)4/h10-11H,5-9H2,1-4H3,(H,15,16,17). The molecule has 0 spiro atoms. The SMILES string of the molecule is CC1CCCCCC1Nc1nc(C(C)(C)C)ns1. The Morgan fingerprint density at radius 2 is 1.89 bits per heavy atom. The summed E-state index contributed by atoms with van der Waals surface area (Å²) < 4.78 is 4.47. The summed E-state index contributed by atoms with van der Waals surface area (Å²) in [5.41, 5.74) is 0.0471. The van der Waals surface area contributed by atoms with E-state index < -0.39 is 0 Å². The minimum atomic E-state index is 0.0471. The molecule has 0 saturated heterocycles. The fourth-order valence-corrected chi connectivity index (χ4v) is 3.27. The average Bonchev–Trinajstić information content (AvgIpc) is 2.66. The number of hydrogen-bond donors (Lipinski definition) is 1. The van der Waals surface area contributed by atoms with Crippen molar-refractivity contribution in [1.82, 2.24) is 9.36 Å². The van der Waals surface area contributed by atoms with Gasteiger partial charge in [0, 0.05) is 23.0 Å². The predicted octanol–water partition coefficient (Wildman–Crippen LogP) is 4.22. The van der Waals surface area contributed by atoms with Crippen LogP contribution in [0.4, 0.5) is 5.13 Å². The molecule has 1 heterocycles. The molecule has 1 aromatic heterocycles. The zero-order valence-corrected chi connectivity index (χ0v) is 12.8. The molecule has 0 aliphatic heterocycles. The Balaban J connectivity index is 2.02. The van der Waals surface area contributed by atoms with Crippen LogP contribution in [0, 0.1) is 5.92 Å². The zero-order valence-electron chi connectivity index (χ0n) is 12.0. The summed E-state index contributed by atoms with van der Waals surface area (Å²) in [6.07, 6.45) is 6.70.